The van der Waals surface area contributed by atoms with Crippen LogP contribution in [0.25, 0.3) is 0 Å². The Morgan fingerprint density at radius 1 is 1.00 bits per heavy atom. The predicted octanol–water partition coefficient (Wildman–Crippen LogP) is 7.52. The molecule has 0 saturated carbocycles. The van der Waals surface area contributed by atoms with E-state index in [1.165, 1.54) is 0 Å². The zero-order valence-electron chi connectivity index (χ0n) is 27.7. The van der Waals surface area contributed by atoms with E-state index in [1.54, 1.807) is 18.4 Å². The van der Waals surface area contributed by atoms with E-state index in [-0.39, 0.29) is 11.8 Å². The highest BCUT2D eigenvalue weighted by Gasteiger charge is 2.45. The summed E-state index contributed by atoms with van der Waals surface area (Å²) in [7, 11) is -1.86. The number of amides is 1. The summed E-state index contributed by atoms with van der Waals surface area (Å²) in [5.74, 6) is 5.60. The van der Waals surface area contributed by atoms with Crippen LogP contribution in [0.2, 0.25) is 10.0 Å². The summed E-state index contributed by atoms with van der Waals surface area (Å²) < 4.78 is 22.3. The van der Waals surface area contributed by atoms with Gasteiger partial charge < -0.3 is 9.47 Å². The Hall–Kier alpha value is -3.39. The fraction of sp³-hybridized carbons (Fsp3) is 0.405. The Morgan fingerprint density at radius 3 is 2.23 bits per heavy atom. The average molecular weight is 711 g/mol. The molecule has 48 heavy (non-hydrogen) atoms. The van der Waals surface area contributed by atoms with Gasteiger partial charge in [-0.25, -0.2) is 4.55 Å². The zero-order valence-corrected chi connectivity index (χ0v) is 30.0. The first kappa shape index (κ1) is 35.9. The van der Waals surface area contributed by atoms with E-state index in [0.717, 1.165) is 43.6 Å². The Kier molecular flexibility index (Phi) is 11.9. The van der Waals surface area contributed by atoms with Crippen molar-refractivity contribution in [3.05, 3.63) is 93.0 Å². The fourth-order valence-electron chi connectivity index (χ4n) is 6.41. The molecule has 4 unspecified atom stereocenters. The van der Waals surface area contributed by atoms with Crippen LogP contribution in [0.1, 0.15) is 67.4 Å². The van der Waals surface area contributed by atoms with Crippen molar-refractivity contribution in [1.82, 2.24) is 9.80 Å². The second-order valence-electron chi connectivity index (χ2n) is 12.4. The Balaban J connectivity index is 1.64. The van der Waals surface area contributed by atoms with Gasteiger partial charge in [-0.2, -0.15) is 5.26 Å². The lowest BCUT2D eigenvalue weighted by molar-refractivity contribution is -0.133. The van der Waals surface area contributed by atoms with Crippen molar-refractivity contribution in [2.45, 2.75) is 45.2 Å². The number of nitriles is 1. The fourth-order valence-corrected chi connectivity index (χ4v) is 7.31. The summed E-state index contributed by atoms with van der Waals surface area (Å²) in [5.41, 5.74) is 2.72. The summed E-state index contributed by atoms with van der Waals surface area (Å²) >= 11 is 12.7. The third-order valence-corrected chi connectivity index (χ3v) is 10.4. The smallest absolute Gasteiger partial charge is 0.231 e. The molecule has 3 aromatic rings. The van der Waals surface area contributed by atoms with E-state index in [0.29, 0.717) is 63.9 Å². The number of hydrogen-bond donors (Lipinski definition) is 1. The second-order valence-corrected chi connectivity index (χ2v) is 16.1. The van der Waals surface area contributed by atoms with Crippen LogP contribution in [0.3, 0.4) is 0 Å². The number of likely N-dealkylation sites (tertiary alicyclic amines) is 1. The van der Waals surface area contributed by atoms with Gasteiger partial charge in [0.05, 0.1) is 42.5 Å². The topological polar surface area (TPSA) is 98.4 Å². The van der Waals surface area contributed by atoms with E-state index < -0.39 is 22.0 Å². The van der Waals surface area contributed by atoms with Crippen LogP contribution in [-0.4, -0.2) is 76.8 Å². The molecule has 2 aliphatic rings. The minimum atomic E-state index is -1.86. The molecule has 1 fully saturated rings. The van der Waals surface area contributed by atoms with Gasteiger partial charge in [-0.15, -0.1) is 0 Å². The van der Waals surface area contributed by atoms with Gasteiger partial charge in [0, 0.05) is 38.5 Å². The van der Waals surface area contributed by atoms with Crippen molar-refractivity contribution in [1.29, 1.82) is 5.26 Å². The summed E-state index contributed by atoms with van der Waals surface area (Å²) in [6, 6.07) is 19.8. The molecule has 4 atom stereocenters. The van der Waals surface area contributed by atoms with E-state index in [2.05, 4.69) is 16.8 Å². The number of hydrogen-bond acceptors (Lipinski definition) is 7. The minimum Gasteiger partial charge on any atom is -0.493 e. The molecule has 1 N–H and O–H groups in total. The maximum Gasteiger partial charge on any atom is 0.231 e. The molecule has 1 amide bonds. The molecule has 0 bridgehead atoms. The van der Waals surface area contributed by atoms with Crippen LogP contribution in [0.4, 0.5) is 0 Å². The maximum atomic E-state index is 15.1. The summed E-state index contributed by atoms with van der Waals surface area (Å²) in [4.78, 5) is 24.5. The van der Waals surface area contributed by atoms with Gasteiger partial charge in [-0.05, 0) is 87.7 Å². The number of halogens is 2. The maximum absolute atomic E-state index is 15.1. The summed E-state index contributed by atoms with van der Waals surface area (Å²) in [6.45, 7) is 6.81. The number of amidine groups is 1. The lowest BCUT2D eigenvalue weighted by atomic mass is 9.91. The minimum absolute atomic E-state index is 0.0217. The average Bonchev–Trinajstić information content (AvgIpc) is 3.29. The van der Waals surface area contributed by atoms with Crippen LogP contribution in [0.5, 0.6) is 11.5 Å². The molecule has 0 aromatic heterocycles. The van der Waals surface area contributed by atoms with E-state index in [1.807, 2.05) is 67.3 Å². The van der Waals surface area contributed by atoms with Crippen LogP contribution in [0, 0.1) is 17.2 Å². The van der Waals surface area contributed by atoms with Gasteiger partial charge >= 0.3 is 0 Å². The number of carbonyl (C=O) groups is 1. The van der Waals surface area contributed by atoms with E-state index >= 15 is 4.79 Å². The number of benzene rings is 3. The van der Waals surface area contributed by atoms with Gasteiger partial charge in [0.15, 0.2) is 0 Å². The normalized spacial score (nSPS) is 21.1. The third kappa shape index (κ3) is 8.42. The molecule has 0 spiro atoms. The molecule has 0 radical (unpaired) electrons. The molecule has 2 aliphatic heterocycles. The van der Waals surface area contributed by atoms with E-state index in [4.69, 9.17) is 37.7 Å². The first-order chi connectivity index (χ1) is 23.0. The van der Waals surface area contributed by atoms with Crippen LogP contribution in [0.15, 0.2) is 65.7 Å². The molecule has 8 nitrogen and oxygen atoms in total. The molecular weight excluding hydrogens is 667 g/mol. The molecule has 2 heterocycles. The monoisotopic (exact) mass is 709 g/mol. The van der Waals surface area contributed by atoms with Gasteiger partial charge in [-0.3, -0.25) is 19.6 Å². The number of ether oxygens (including phenoxy) is 2. The first-order valence-electron chi connectivity index (χ1n) is 16.3. The van der Waals surface area contributed by atoms with Crippen LogP contribution < -0.4 is 9.47 Å². The largest absolute Gasteiger partial charge is 0.493 e. The van der Waals surface area contributed by atoms with Crippen molar-refractivity contribution in [2.24, 2.45) is 10.9 Å². The molecule has 11 heteroatoms. The Morgan fingerprint density at radius 2 is 1.62 bits per heavy atom. The molecule has 254 valence electrons. The highest BCUT2D eigenvalue weighted by Crippen LogP contribution is 2.47. The Labute approximate surface area is 295 Å². The number of carbonyl (C=O) groups excluding carboxylic acids is 1. The standard InChI is InChI=1S/C37H43Cl2N4O4S/c1-5-46-32-23-31(33(47-6-2)22-28(32)24-40)36-41-34(25-9-13-29(38)14-10-25)35(26-11-15-30(39)16-12-26)43(36)37(44)27-8-7-18-42(19-17-27)20-21-48(3,4)45/h9-16,22-23,27,34-35,45H,3,5-8,17-21H2,1-2,4H3/q+1. The SMILES string of the molecule is C=[S+](C)(O)CCN1CCCC(C(=O)N2C(c3cc(OCC)c(C#N)cc3OCC)=NC(c3ccc(Cl)cc3)C2c2ccc(Cl)cc2)CC1. The van der Waals surface area contributed by atoms with Crippen molar-refractivity contribution < 1.29 is 18.8 Å². The second kappa shape index (κ2) is 15.9. The van der Waals surface area contributed by atoms with Crippen molar-refractivity contribution >= 4 is 50.7 Å². The number of rotatable bonds is 11. The highest BCUT2D eigenvalue weighted by atomic mass is 35.5. The summed E-state index contributed by atoms with van der Waals surface area (Å²) in [6.07, 6.45) is 4.05. The third-order valence-electron chi connectivity index (χ3n) is 8.79. The lowest BCUT2D eigenvalue weighted by Gasteiger charge is -2.32. The first-order valence-corrected chi connectivity index (χ1v) is 19.4. The molecule has 5 rings (SSSR count). The summed E-state index contributed by atoms with van der Waals surface area (Å²) in [5, 5.41) is 11.1. The van der Waals surface area contributed by atoms with Crippen molar-refractivity contribution in [2.75, 3.05) is 44.9 Å². The number of nitrogens with zero attached hydrogens (tertiary/aromatic N) is 4. The molecular formula is C37H43Cl2N4O4S+. The lowest BCUT2D eigenvalue weighted by Crippen LogP contribution is -2.42. The molecule has 0 aliphatic carbocycles. The zero-order chi connectivity index (χ0) is 34.4. The molecule has 1 saturated heterocycles. The van der Waals surface area contributed by atoms with Crippen LogP contribution >= 0.6 is 23.2 Å². The van der Waals surface area contributed by atoms with Crippen molar-refractivity contribution in [3.63, 3.8) is 0 Å². The van der Waals surface area contributed by atoms with E-state index in [9.17, 15) is 9.81 Å². The number of aliphatic imine (C=N–C) groups is 1. The quantitative estimate of drug-likeness (QED) is 0.163. The van der Waals surface area contributed by atoms with Crippen LogP contribution in [-0.2, 0) is 14.7 Å². The molecule has 3 aromatic carbocycles. The Bertz CT molecular complexity index is 1720. The highest BCUT2D eigenvalue weighted by molar-refractivity contribution is 8.05. The van der Waals surface area contributed by atoms with Gasteiger partial charge in [0.25, 0.3) is 0 Å². The van der Waals surface area contributed by atoms with Crippen molar-refractivity contribution in [3.8, 4) is 17.6 Å². The van der Waals surface area contributed by atoms with Gasteiger partial charge in [-0.1, -0.05) is 47.5 Å². The predicted molar refractivity (Wildman–Crippen MR) is 197 cm³/mol. The van der Waals surface area contributed by atoms with Gasteiger partial charge in [0.2, 0.25) is 5.91 Å². The van der Waals surface area contributed by atoms with Gasteiger partial charge in [0.1, 0.15) is 35.2 Å².